The molecule has 1 fully saturated rings. The van der Waals surface area contributed by atoms with Crippen molar-refractivity contribution in [3.8, 4) is 0 Å². The standard InChI is InChI=1S/C16H17BrN2O3/c1-9-5-10(16(21)22)8-19(7-9)15(20)11-6-18-13-4-2-3-12(17)14(11)13/h2-4,6,9-10,18H,5,7-8H2,1H3,(H,21,22). The number of carboxylic acids is 1. The average molecular weight is 365 g/mol. The van der Waals surface area contributed by atoms with Gasteiger partial charge in [0.15, 0.2) is 0 Å². The topological polar surface area (TPSA) is 73.4 Å². The molecule has 1 aromatic carbocycles. The van der Waals surface area contributed by atoms with Crippen molar-refractivity contribution in [2.45, 2.75) is 13.3 Å². The Labute approximate surface area is 136 Å². The molecule has 0 saturated carbocycles. The summed E-state index contributed by atoms with van der Waals surface area (Å²) in [5.74, 6) is -1.24. The number of carboxylic acid groups (broad SMARTS) is 1. The first-order valence-electron chi connectivity index (χ1n) is 7.25. The molecule has 1 aliphatic rings. The van der Waals surface area contributed by atoms with Gasteiger partial charge in [0.2, 0.25) is 0 Å². The van der Waals surface area contributed by atoms with E-state index in [2.05, 4.69) is 20.9 Å². The molecule has 0 spiro atoms. The summed E-state index contributed by atoms with van der Waals surface area (Å²) in [5, 5.41) is 10.1. The number of nitrogens with one attached hydrogen (secondary N) is 1. The molecule has 2 unspecified atom stereocenters. The van der Waals surface area contributed by atoms with Gasteiger partial charge >= 0.3 is 5.97 Å². The second kappa shape index (κ2) is 5.76. The van der Waals surface area contributed by atoms with E-state index in [1.807, 2.05) is 25.1 Å². The van der Waals surface area contributed by atoms with Gasteiger partial charge in [-0.2, -0.15) is 0 Å². The smallest absolute Gasteiger partial charge is 0.308 e. The molecule has 1 aliphatic heterocycles. The number of aliphatic carboxylic acids is 1. The number of hydrogen-bond donors (Lipinski definition) is 2. The van der Waals surface area contributed by atoms with E-state index in [1.54, 1.807) is 11.1 Å². The lowest BCUT2D eigenvalue weighted by Gasteiger charge is -2.34. The molecule has 2 heterocycles. The lowest BCUT2D eigenvalue weighted by atomic mass is 9.90. The fourth-order valence-electron chi connectivity index (χ4n) is 3.18. The van der Waals surface area contributed by atoms with Crippen molar-refractivity contribution in [2.24, 2.45) is 11.8 Å². The largest absolute Gasteiger partial charge is 0.481 e. The number of H-pyrrole nitrogens is 1. The van der Waals surface area contributed by atoms with Crippen LogP contribution in [0.15, 0.2) is 28.9 Å². The zero-order valence-corrected chi connectivity index (χ0v) is 13.8. The minimum absolute atomic E-state index is 0.115. The quantitative estimate of drug-likeness (QED) is 0.859. The Hall–Kier alpha value is -1.82. The number of aromatic nitrogens is 1. The van der Waals surface area contributed by atoms with Gasteiger partial charge in [-0.15, -0.1) is 0 Å². The Balaban J connectivity index is 1.94. The third-order valence-electron chi connectivity index (χ3n) is 4.18. The summed E-state index contributed by atoms with van der Waals surface area (Å²) in [6.07, 6.45) is 2.32. The van der Waals surface area contributed by atoms with Crippen molar-refractivity contribution in [1.82, 2.24) is 9.88 Å². The van der Waals surface area contributed by atoms with Gasteiger partial charge in [0.1, 0.15) is 0 Å². The summed E-state index contributed by atoms with van der Waals surface area (Å²) in [5.41, 5.74) is 1.47. The molecule has 1 saturated heterocycles. The third-order valence-corrected chi connectivity index (χ3v) is 4.84. The number of rotatable bonds is 2. The zero-order chi connectivity index (χ0) is 15.9. The van der Waals surface area contributed by atoms with Crippen LogP contribution in [0.2, 0.25) is 0 Å². The Morgan fingerprint density at radius 3 is 2.86 bits per heavy atom. The number of hydrogen-bond acceptors (Lipinski definition) is 2. The van der Waals surface area contributed by atoms with Crippen LogP contribution in [0.4, 0.5) is 0 Å². The number of carbonyl (C=O) groups excluding carboxylic acids is 1. The molecule has 0 bridgehead atoms. The Bertz CT molecular complexity index is 740. The highest BCUT2D eigenvalue weighted by Crippen LogP contribution is 2.30. The van der Waals surface area contributed by atoms with Crippen molar-refractivity contribution in [1.29, 1.82) is 0 Å². The van der Waals surface area contributed by atoms with Crippen LogP contribution in [-0.4, -0.2) is 40.0 Å². The predicted octanol–water partition coefficient (Wildman–Crippen LogP) is 3.11. The molecule has 6 heteroatoms. The van der Waals surface area contributed by atoms with E-state index < -0.39 is 11.9 Å². The highest BCUT2D eigenvalue weighted by Gasteiger charge is 2.33. The molecule has 2 aromatic rings. The van der Waals surface area contributed by atoms with Gasteiger partial charge < -0.3 is 15.0 Å². The number of piperidine rings is 1. The molecular formula is C16H17BrN2O3. The summed E-state index contributed by atoms with van der Waals surface area (Å²) >= 11 is 3.48. The van der Waals surface area contributed by atoms with Crippen LogP contribution < -0.4 is 0 Å². The first kappa shape index (κ1) is 15.1. The van der Waals surface area contributed by atoms with E-state index in [9.17, 15) is 14.7 Å². The van der Waals surface area contributed by atoms with Crippen molar-refractivity contribution in [3.63, 3.8) is 0 Å². The van der Waals surface area contributed by atoms with Gasteiger partial charge in [0, 0.05) is 34.7 Å². The Morgan fingerprint density at radius 2 is 2.14 bits per heavy atom. The summed E-state index contributed by atoms with van der Waals surface area (Å²) < 4.78 is 0.856. The van der Waals surface area contributed by atoms with Crippen molar-refractivity contribution < 1.29 is 14.7 Å². The van der Waals surface area contributed by atoms with E-state index in [0.717, 1.165) is 15.4 Å². The van der Waals surface area contributed by atoms with Crippen LogP contribution >= 0.6 is 15.9 Å². The third kappa shape index (κ3) is 2.63. The van der Waals surface area contributed by atoms with Gasteiger partial charge in [-0.3, -0.25) is 9.59 Å². The van der Waals surface area contributed by atoms with Crippen LogP contribution in [0.1, 0.15) is 23.7 Å². The number of aromatic amines is 1. The van der Waals surface area contributed by atoms with Gasteiger partial charge in [0.05, 0.1) is 11.5 Å². The van der Waals surface area contributed by atoms with E-state index in [0.29, 0.717) is 18.5 Å². The second-order valence-corrected chi connectivity index (χ2v) is 6.81. The van der Waals surface area contributed by atoms with Gasteiger partial charge in [-0.1, -0.05) is 28.9 Å². The number of likely N-dealkylation sites (tertiary alicyclic amines) is 1. The van der Waals surface area contributed by atoms with Crippen LogP contribution in [0.5, 0.6) is 0 Å². The molecule has 2 N–H and O–H groups in total. The van der Waals surface area contributed by atoms with Crippen molar-refractivity contribution in [2.75, 3.05) is 13.1 Å². The second-order valence-electron chi connectivity index (χ2n) is 5.95. The zero-order valence-electron chi connectivity index (χ0n) is 12.2. The summed E-state index contributed by atoms with van der Waals surface area (Å²) in [4.78, 5) is 28.9. The molecule has 0 radical (unpaired) electrons. The summed E-state index contributed by atoms with van der Waals surface area (Å²) in [6.45, 7) is 2.86. The number of benzene rings is 1. The first-order chi connectivity index (χ1) is 10.5. The summed E-state index contributed by atoms with van der Waals surface area (Å²) in [6, 6.07) is 5.71. The summed E-state index contributed by atoms with van der Waals surface area (Å²) in [7, 11) is 0. The molecule has 0 aliphatic carbocycles. The predicted molar refractivity (Wildman–Crippen MR) is 86.8 cm³/mol. The lowest BCUT2D eigenvalue weighted by Crippen LogP contribution is -2.45. The maximum atomic E-state index is 12.8. The monoisotopic (exact) mass is 364 g/mol. The Kier molecular flexibility index (Phi) is 3.95. The van der Waals surface area contributed by atoms with Crippen LogP contribution in [0.25, 0.3) is 10.9 Å². The molecule has 3 rings (SSSR count). The SMILES string of the molecule is CC1CC(C(=O)O)CN(C(=O)c2c[nH]c3cccc(Br)c23)C1. The highest BCUT2D eigenvalue weighted by molar-refractivity contribution is 9.10. The maximum Gasteiger partial charge on any atom is 0.308 e. The fraction of sp³-hybridized carbons (Fsp3) is 0.375. The number of halogens is 1. The number of nitrogens with zero attached hydrogens (tertiary/aromatic N) is 1. The van der Waals surface area contributed by atoms with Crippen molar-refractivity contribution in [3.05, 3.63) is 34.4 Å². The molecule has 2 atom stereocenters. The first-order valence-corrected chi connectivity index (χ1v) is 8.04. The normalized spacial score (nSPS) is 22.0. The van der Waals surface area contributed by atoms with Crippen LogP contribution in [-0.2, 0) is 4.79 Å². The minimum atomic E-state index is -0.829. The minimum Gasteiger partial charge on any atom is -0.481 e. The van der Waals surface area contributed by atoms with E-state index in [1.165, 1.54) is 0 Å². The van der Waals surface area contributed by atoms with Crippen molar-refractivity contribution >= 4 is 38.7 Å². The lowest BCUT2D eigenvalue weighted by molar-refractivity contribution is -0.143. The molecule has 1 amide bonds. The maximum absolute atomic E-state index is 12.8. The van der Waals surface area contributed by atoms with Gasteiger partial charge in [0.25, 0.3) is 5.91 Å². The van der Waals surface area contributed by atoms with E-state index in [-0.39, 0.29) is 18.4 Å². The number of carbonyl (C=O) groups is 2. The fourth-order valence-corrected chi connectivity index (χ4v) is 3.76. The average Bonchev–Trinajstić information content (AvgIpc) is 2.91. The van der Waals surface area contributed by atoms with Crippen LogP contribution in [0.3, 0.4) is 0 Å². The van der Waals surface area contributed by atoms with Gasteiger partial charge in [-0.25, -0.2) is 0 Å². The molecule has 22 heavy (non-hydrogen) atoms. The van der Waals surface area contributed by atoms with Crippen LogP contribution in [0, 0.1) is 11.8 Å². The Morgan fingerprint density at radius 1 is 1.36 bits per heavy atom. The van der Waals surface area contributed by atoms with E-state index >= 15 is 0 Å². The van der Waals surface area contributed by atoms with E-state index in [4.69, 9.17) is 0 Å². The molecule has 1 aromatic heterocycles. The molecular weight excluding hydrogens is 348 g/mol. The highest BCUT2D eigenvalue weighted by atomic mass is 79.9. The molecule has 116 valence electrons. The number of amides is 1. The van der Waals surface area contributed by atoms with Gasteiger partial charge in [-0.05, 0) is 24.5 Å². The number of fused-ring (bicyclic) bond motifs is 1. The molecule has 5 nitrogen and oxygen atoms in total.